The van der Waals surface area contributed by atoms with Crippen LogP contribution in [0.3, 0.4) is 0 Å². The van der Waals surface area contributed by atoms with E-state index in [0.29, 0.717) is 0 Å². The number of nitrogen functional groups attached to an aromatic ring is 1. The minimum atomic E-state index is -4.77. The van der Waals surface area contributed by atoms with E-state index in [2.05, 4.69) is 15.3 Å². The van der Waals surface area contributed by atoms with Crippen LogP contribution in [-0.4, -0.2) is 9.97 Å². The SMILES string of the molecule is NNc1cc(Nc2cc(Cl)ccc2F)nc(C(F)(F)F)n1. The van der Waals surface area contributed by atoms with Gasteiger partial charge in [-0.2, -0.15) is 13.2 Å². The fraction of sp³-hybridized carbons (Fsp3) is 0.0909. The van der Waals surface area contributed by atoms with Crippen LogP contribution in [0, 0.1) is 5.82 Å². The number of anilines is 3. The largest absolute Gasteiger partial charge is 0.451 e. The number of halogens is 5. The van der Waals surface area contributed by atoms with Crippen LogP contribution in [0.15, 0.2) is 24.3 Å². The lowest BCUT2D eigenvalue weighted by atomic mass is 10.3. The zero-order chi connectivity index (χ0) is 15.6. The maximum Gasteiger partial charge on any atom is 0.451 e. The Hall–Kier alpha value is -2.13. The van der Waals surface area contributed by atoms with Crippen LogP contribution >= 0.6 is 11.6 Å². The number of benzene rings is 1. The highest BCUT2D eigenvalue weighted by molar-refractivity contribution is 6.30. The number of alkyl halides is 3. The average molecular weight is 322 g/mol. The van der Waals surface area contributed by atoms with E-state index < -0.39 is 17.8 Å². The second kappa shape index (κ2) is 5.70. The molecule has 0 atom stereocenters. The summed E-state index contributed by atoms with van der Waals surface area (Å²) >= 11 is 5.69. The molecule has 10 heteroatoms. The Labute approximate surface area is 121 Å². The summed E-state index contributed by atoms with van der Waals surface area (Å²) in [6.45, 7) is 0. The van der Waals surface area contributed by atoms with Crippen molar-refractivity contribution in [3.63, 3.8) is 0 Å². The number of hydrogen-bond acceptors (Lipinski definition) is 5. The smallest absolute Gasteiger partial charge is 0.338 e. The molecule has 0 bridgehead atoms. The molecule has 112 valence electrons. The van der Waals surface area contributed by atoms with Crippen molar-refractivity contribution >= 4 is 28.9 Å². The van der Waals surface area contributed by atoms with Crippen molar-refractivity contribution < 1.29 is 17.6 Å². The highest BCUT2D eigenvalue weighted by Gasteiger charge is 2.35. The summed E-state index contributed by atoms with van der Waals surface area (Å²) in [6, 6.07) is 4.67. The third-order valence-corrected chi connectivity index (χ3v) is 2.55. The van der Waals surface area contributed by atoms with Gasteiger partial charge in [0, 0.05) is 11.1 Å². The fourth-order valence-electron chi connectivity index (χ4n) is 1.44. The molecule has 1 aromatic heterocycles. The Morgan fingerprint density at radius 3 is 2.38 bits per heavy atom. The Morgan fingerprint density at radius 2 is 1.76 bits per heavy atom. The summed E-state index contributed by atoms with van der Waals surface area (Å²) in [5, 5.41) is 2.60. The normalized spacial score (nSPS) is 11.3. The monoisotopic (exact) mass is 321 g/mol. The molecule has 21 heavy (non-hydrogen) atoms. The first-order valence-corrected chi connectivity index (χ1v) is 5.82. The van der Waals surface area contributed by atoms with Gasteiger partial charge in [0.2, 0.25) is 5.82 Å². The number of hydrazine groups is 1. The quantitative estimate of drug-likeness (QED) is 0.459. The lowest BCUT2D eigenvalue weighted by molar-refractivity contribution is -0.144. The molecule has 0 unspecified atom stereocenters. The van der Waals surface area contributed by atoms with Crippen molar-refractivity contribution in [1.82, 2.24) is 9.97 Å². The van der Waals surface area contributed by atoms with Gasteiger partial charge in [-0.3, -0.25) is 0 Å². The lowest BCUT2D eigenvalue weighted by Crippen LogP contribution is -2.16. The van der Waals surface area contributed by atoms with E-state index in [1.165, 1.54) is 12.1 Å². The molecule has 0 spiro atoms. The van der Waals surface area contributed by atoms with E-state index in [4.69, 9.17) is 17.4 Å². The van der Waals surface area contributed by atoms with Crippen molar-refractivity contribution in [2.24, 2.45) is 5.84 Å². The van der Waals surface area contributed by atoms with Gasteiger partial charge in [-0.15, -0.1) is 0 Å². The minimum absolute atomic E-state index is 0.128. The summed E-state index contributed by atoms with van der Waals surface area (Å²) in [6.07, 6.45) is -4.77. The molecule has 0 fully saturated rings. The van der Waals surface area contributed by atoms with Gasteiger partial charge in [0.25, 0.3) is 0 Å². The molecule has 0 aliphatic rings. The van der Waals surface area contributed by atoms with E-state index in [0.717, 1.165) is 12.1 Å². The van der Waals surface area contributed by atoms with Crippen LogP contribution < -0.4 is 16.6 Å². The average Bonchev–Trinajstić information content (AvgIpc) is 2.41. The molecule has 2 aromatic rings. The molecule has 5 nitrogen and oxygen atoms in total. The molecular weight excluding hydrogens is 314 g/mol. The molecule has 0 aliphatic heterocycles. The Kier molecular flexibility index (Phi) is 4.14. The van der Waals surface area contributed by atoms with Crippen molar-refractivity contribution in [2.75, 3.05) is 10.7 Å². The molecule has 4 N–H and O–H groups in total. The van der Waals surface area contributed by atoms with Gasteiger partial charge in [0.15, 0.2) is 0 Å². The number of rotatable bonds is 3. The van der Waals surface area contributed by atoms with Gasteiger partial charge in [0.1, 0.15) is 17.5 Å². The van der Waals surface area contributed by atoms with E-state index in [-0.39, 0.29) is 22.3 Å². The standard InChI is InChI=1S/C11H8ClF4N5/c12-5-1-2-6(13)7(3-5)18-8-4-9(21-17)20-10(19-8)11(14,15)16/h1-4H,17H2,(H2,18,19,20,21). The van der Waals surface area contributed by atoms with E-state index in [1.807, 2.05) is 5.43 Å². The summed E-state index contributed by atoms with van der Waals surface area (Å²) in [4.78, 5) is 6.44. The van der Waals surface area contributed by atoms with E-state index in [9.17, 15) is 17.6 Å². The molecule has 1 heterocycles. The minimum Gasteiger partial charge on any atom is -0.338 e. The Bertz CT molecular complexity index is 662. The maximum absolute atomic E-state index is 13.5. The first-order valence-electron chi connectivity index (χ1n) is 5.44. The second-order valence-corrected chi connectivity index (χ2v) is 4.29. The van der Waals surface area contributed by atoms with Crippen molar-refractivity contribution in [2.45, 2.75) is 6.18 Å². The van der Waals surface area contributed by atoms with Gasteiger partial charge < -0.3 is 10.7 Å². The van der Waals surface area contributed by atoms with E-state index in [1.54, 1.807) is 0 Å². The van der Waals surface area contributed by atoms with Crippen LogP contribution in [0.5, 0.6) is 0 Å². The predicted molar refractivity (Wildman–Crippen MR) is 69.5 cm³/mol. The summed E-state index contributed by atoms with van der Waals surface area (Å²) in [5.74, 6) is 2.37. The van der Waals surface area contributed by atoms with E-state index >= 15 is 0 Å². The second-order valence-electron chi connectivity index (χ2n) is 3.85. The molecule has 0 saturated heterocycles. The third-order valence-electron chi connectivity index (χ3n) is 2.32. The molecule has 0 saturated carbocycles. The van der Waals surface area contributed by atoms with Crippen molar-refractivity contribution in [3.8, 4) is 0 Å². The number of aromatic nitrogens is 2. The maximum atomic E-state index is 13.5. The van der Waals surface area contributed by atoms with Gasteiger partial charge in [-0.1, -0.05) is 11.6 Å². The highest BCUT2D eigenvalue weighted by atomic mass is 35.5. The summed E-state index contributed by atoms with van der Waals surface area (Å²) in [5.41, 5.74) is 1.85. The first kappa shape index (κ1) is 15.3. The van der Waals surface area contributed by atoms with Gasteiger partial charge >= 0.3 is 6.18 Å². The Morgan fingerprint density at radius 1 is 1.10 bits per heavy atom. The summed E-state index contributed by atoms with van der Waals surface area (Å²) < 4.78 is 51.5. The van der Waals surface area contributed by atoms with Gasteiger partial charge in [0.05, 0.1) is 5.69 Å². The highest BCUT2D eigenvalue weighted by Crippen LogP contribution is 2.29. The fourth-order valence-corrected chi connectivity index (χ4v) is 1.62. The van der Waals surface area contributed by atoms with Crippen LogP contribution in [0.4, 0.5) is 34.9 Å². The molecule has 2 rings (SSSR count). The van der Waals surface area contributed by atoms with Crippen LogP contribution in [0.2, 0.25) is 5.02 Å². The molecule has 0 amide bonds. The molecular formula is C11H8ClF4N5. The van der Waals surface area contributed by atoms with Crippen molar-refractivity contribution in [3.05, 3.63) is 40.9 Å². The Balaban J connectivity index is 2.42. The zero-order valence-electron chi connectivity index (χ0n) is 10.2. The molecule has 0 radical (unpaired) electrons. The number of nitrogens with one attached hydrogen (secondary N) is 2. The third kappa shape index (κ3) is 3.70. The lowest BCUT2D eigenvalue weighted by Gasteiger charge is -2.12. The number of hydrogen-bond donors (Lipinski definition) is 3. The molecule has 1 aromatic carbocycles. The van der Waals surface area contributed by atoms with Crippen LogP contribution in [0.25, 0.3) is 0 Å². The molecule has 0 aliphatic carbocycles. The summed E-state index contributed by atoms with van der Waals surface area (Å²) in [7, 11) is 0. The zero-order valence-corrected chi connectivity index (χ0v) is 10.9. The topological polar surface area (TPSA) is 75.9 Å². The van der Waals surface area contributed by atoms with Crippen LogP contribution in [-0.2, 0) is 6.18 Å². The van der Waals surface area contributed by atoms with Crippen molar-refractivity contribution in [1.29, 1.82) is 0 Å². The predicted octanol–water partition coefficient (Wildman–Crippen LogP) is 3.32. The number of nitrogens with two attached hydrogens (primary N) is 1. The van der Waals surface area contributed by atoms with Crippen LogP contribution in [0.1, 0.15) is 5.82 Å². The first-order chi connectivity index (χ1) is 9.79. The number of nitrogens with zero attached hydrogens (tertiary/aromatic N) is 2. The van der Waals surface area contributed by atoms with Gasteiger partial charge in [-0.25, -0.2) is 20.2 Å². The van der Waals surface area contributed by atoms with Gasteiger partial charge in [-0.05, 0) is 18.2 Å².